The molecule has 58 heavy (non-hydrogen) atoms. The first-order valence-corrected chi connectivity index (χ1v) is 19.5. The maximum absolute atomic E-state index is 9.30. The Morgan fingerprint density at radius 2 is 0.897 bits per heavy atom. The van der Waals surface area contributed by atoms with E-state index < -0.39 is 5.41 Å². The Morgan fingerprint density at radius 3 is 1.52 bits per heavy atom. The second-order valence-electron chi connectivity index (χ2n) is 15.1. The predicted octanol–water partition coefficient (Wildman–Crippen LogP) is 12.2. The first-order valence-electron chi connectivity index (χ1n) is 19.5. The van der Waals surface area contributed by atoms with E-state index in [1.54, 1.807) is 0 Å². The smallest absolute Gasteiger partial charge is 0.238 e. The number of nitrogens with zero attached hydrogens (tertiary/aromatic N) is 5. The molecule has 0 saturated carbocycles. The van der Waals surface area contributed by atoms with Crippen molar-refractivity contribution in [3.8, 4) is 68.2 Å². The number of rotatable bonds is 4. The van der Waals surface area contributed by atoms with Crippen molar-refractivity contribution in [2.24, 2.45) is 0 Å². The van der Waals surface area contributed by atoms with E-state index in [9.17, 15) is 5.26 Å². The molecule has 0 saturated heterocycles. The SMILES string of the molecule is N#Cc1ccc(-c2ccc(-c3nc(-c4ccccc4)nc(-n4c5ccccc5c5cc6c(cc54)C4(c5ccccc5-c5ccccc54)c4ccccc4-6)n3)cc2)cc1. The second-order valence-corrected chi connectivity index (χ2v) is 15.1. The summed E-state index contributed by atoms with van der Waals surface area (Å²) in [5.74, 6) is 1.75. The van der Waals surface area contributed by atoms with Gasteiger partial charge in [-0.3, -0.25) is 4.57 Å². The minimum atomic E-state index is -0.481. The summed E-state index contributed by atoms with van der Waals surface area (Å²) in [6.07, 6.45) is 0. The van der Waals surface area contributed by atoms with E-state index >= 15 is 0 Å². The van der Waals surface area contributed by atoms with Crippen molar-refractivity contribution < 1.29 is 0 Å². The highest BCUT2D eigenvalue weighted by atomic mass is 15.2. The van der Waals surface area contributed by atoms with Crippen LogP contribution in [0, 0.1) is 11.3 Å². The van der Waals surface area contributed by atoms with Gasteiger partial charge in [0.2, 0.25) is 5.95 Å². The molecule has 0 unspecified atom stereocenters. The largest absolute Gasteiger partial charge is 0.278 e. The average Bonchev–Trinajstić information content (AvgIpc) is 3.90. The molecule has 12 rings (SSSR count). The molecule has 0 N–H and O–H groups in total. The van der Waals surface area contributed by atoms with Gasteiger partial charge >= 0.3 is 0 Å². The van der Waals surface area contributed by atoms with Gasteiger partial charge in [0, 0.05) is 21.9 Å². The zero-order valence-corrected chi connectivity index (χ0v) is 31.1. The Bertz CT molecular complexity index is 3290. The Hall–Kier alpha value is -7.94. The van der Waals surface area contributed by atoms with Gasteiger partial charge in [-0.2, -0.15) is 15.2 Å². The average molecular weight is 738 g/mol. The van der Waals surface area contributed by atoms with Crippen molar-refractivity contribution >= 4 is 21.8 Å². The molecule has 0 atom stereocenters. The van der Waals surface area contributed by atoms with Gasteiger partial charge < -0.3 is 0 Å². The number of hydrogen-bond acceptors (Lipinski definition) is 4. The summed E-state index contributed by atoms with van der Waals surface area (Å²) in [6.45, 7) is 0. The first kappa shape index (κ1) is 32.3. The lowest BCUT2D eigenvalue weighted by molar-refractivity contribution is 0.794. The highest BCUT2D eigenvalue weighted by molar-refractivity contribution is 6.12. The molecule has 10 aromatic rings. The van der Waals surface area contributed by atoms with Gasteiger partial charge in [-0.05, 0) is 86.0 Å². The topological polar surface area (TPSA) is 67.4 Å². The van der Waals surface area contributed by atoms with Crippen molar-refractivity contribution in [3.05, 3.63) is 216 Å². The molecule has 8 aromatic carbocycles. The second kappa shape index (κ2) is 12.3. The fraction of sp³-hybridized carbons (Fsp3) is 0.0189. The highest BCUT2D eigenvalue weighted by Crippen LogP contribution is 2.63. The van der Waals surface area contributed by atoms with Crippen LogP contribution in [-0.2, 0) is 5.41 Å². The summed E-state index contributed by atoms with van der Waals surface area (Å²) in [7, 11) is 0. The normalized spacial score (nSPS) is 12.9. The maximum atomic E-state index is 9.30. The minimum Gasteiger partial charge on any atom is -0.278 e. The van der Waals surface area contributed by atoms with E-state index in [1.807, 2.05) is 54.6 Å². The molecule has 5 heteroatoms. The predicted molar refractivity (Wildman–Crippen MR) is 231 cm³/mol. The molecule has 0 aliphatic heterocycles. The third kappa shape index (κ3) is 4.48. The van der Waals surface area contributed by atoms with E-state index in [0.29, 0.717) is 23.2 Å². The summed E-state index contributed by atoms with van der Waals surface area (Å²) >= 11 is 0. The Morgan fingerprint density at radius 1 is 0.397 bits per heavy atom. The van der Waals surface area contributed by atoms with Crippen molar-refractivity contribution in [1.82, 2.24) is 19.5 Å². The third-order valence-electron chi connectivity index (χ3n) is 12.1. The van der Waals surface area contributed by atoms with Crippen molar-refractivity contribution in [1.29, 1.82) is 5.26 Å². The number of hydrogen-bond donors (Lipinski definition) is 0. The molecule has 2 aliphatic carbocycles. The lowest BCUT2D eigenvalue weighted by Crippen LogP contribution is -2.25. The Labute approximate surface area is 334 Å². The van der Waals surface area contributed by atoms with Gasteiger partial charge in [-0.25, -0.2) is 4.98 Å². The Kier molecular flexibility index (Phi) is 6.84. The van der Waals surface area contributed by atoms with Gasteiger partial charge in [-0.1, -0.05) is 158 Å². The van der Waals surface area contributed by atoms with Crippen LogP contribution in [0.1, 0.15) is 27.8 Å². The molecule has 268 valence electrons. The van der Waals surface area contributed by atoms with Crippen LogP contribution in [-0.4, -0.2) is 19.5 Å². The lowest BCUT2D eigenvalue weighted by atomic mass is 9.70. The van der Waals surface area contributed by atoms with Crippen LogP contribution in [0.3, 0.4) is 0 Å². The van der Waals surface area contributed by atoms with Crippen molar-refractivity contribution in [2.45, 2.75) is 5.41 Å². The van der Waals surface area contributed by atoms with Gasteiger partial charge in [0.1, 0.15) is 0 Å². The number of aromatic nitrogens is 4. The van der Waals surface area contributed by atoms with Crippen LogP contribution in [0.2, 0.25) is 0 Å². The molecule has 0 bridgehead atoms. The first-order chi connectivity index (χ1) is 28.7. The number of para-hydroxylation sites is 1. The highest BCUT2D eigenvalue weighted by Gasteiger charge is 2.51. The number of nitriles is 1. The summed E-state index contributed by atoms with van der Waals surface area (Å²) in [5, 5.41) is 11.6. The van der Waals surface area contributed by atoms with Crippen LogP contribution in [0.15, 0.2) is 188 Å². The van der Waals surface area contributed by atoms with Gasteiger partial charge in [-0.15, -0.1) is 0 Å². The fourth-order valence-electron chi connectivity index (χ4n) is 9.63. The van der Waals surface area contributed by atoms with Gasteiger partial charge in [0.05, 0.1) is 28.1 Å². The molecule has 2 heterocycles. The monoisotopic (exact) mass is 737 g/mol. The van der Waals surface area contributed by atoms with E-state index in [0.717, 1.165) is 44.1 Å². The van der Waals surface area contributed by atoms with Gasteiger partial charge in [0.15, 0.2) is 11.6 Å². The van der Waals surface area contributed by atoms with E-state index in [-0.39, 0.29) is 0 Å². The summed E-state index contributed by atoms with van der Waals surface area (Å²) in [4.78, 5) is 15.6. The van der Waals surface area contributed by atoms with Crippen molar-refractivity contribution in [2.75, 3.05) is 0 Å². The van der Waals surface area contributed by atoms with E-state index in [4.69, 9.17) is 15.0 Å². The van der Waals surface area contributed by atoms with Gasteiger partial charge in [0.25, 0.3) is 0 Å². The standard InChI is InChI=1S/C53H31N5/c54-32-33-22-24-34(25-23-33)35-26-28-37(29-27-35)51-55-50(36-12-2-1-3-13-36)56-52(57-51)58-48-21-11-7-17-41(48)43-30-42-40-16-6-10-20-46(40)53(47(42)31-49(43)58)44-18-8-4-14-38(44)39-15-5-9-19-45(39)53/h1-31H. The molecule has 5 nitrogen and oxygen atoms in total. The van der Waals surface area contributed by atoms with Crippen LogP contribution >= 0.6 is 0 Å². The molecule has 2 aromatic heterocycles. The molecule has 2 aliphatic rings. The van der Waals surface area contributed by atoms with Crippen molar-refractivity contribution in [3.63, 3.8) is 0 Å². The molecule has 0 radical (unpaired) electrons. The molecule has 0 amide bonds. The summed E-state index contributed by atoms with van der Waals surface area (Å²) in [6, 6.07) is 68.5. The zero-order chi connectivity index (χ0) is 38.4. The van der Waals surface area contributed by atoms with Crippen LogP contribution in [0.4, 0.5) is 0 Å². The quantitative estimate of drug-likeness (QED) is 0.180. The molecule has 0 fully saturated rings. The van der Waals surface area contributed by atoms with Crippen LogP contribution in [0.25, 0.3) is 83.9 Å². The molecular formula is C53H31N5. The van der Waals surface area contributed by atoms with E-state index in [2.05, 4.69) is 144 Å². The van der Waals surface area contributed by atoms with Crippen LogP contribution in [0.5, 0.6) is 0 Å². The Balaban J connectivity index is 1.12. The molecular weight excluding hydrogens is 707 g/mol. The molecule has 1 spiro atoms. The number of benzene rings is 8. The van der Waals surface area contributed by atoms with Crippen LogP contribution < -0.4 is 0 Å². The van der Waals surface area contributed by atoms with E-state index in [1.165, 1.54) is 44.5 Å². The minimum absolute atomic E-state index is 0.481. The third-order valence-corrected chi connectivity index (χ3v) is 12.1. The zero-order valence-electron chi connectivity index (χ0n) is 31.1. The summed E-state index contributed by atoms with van der Waals surface area (Å²) < 4.78 is 2.23. The maximum Gasteiger partial charge on any atom is 0.238 e. The number of fused-ring (bicyclic) bond motifs is 13. The fourth-order valence-corrected chi connectivity index (χ4v) is 9.63. The summed E-state index contributed by atoms with van der Waals surface area (Å²) in [5.41, 5.74) is 16.4. The lowest BCUT2D eigenvalue weighted by Gasteiger charge is -2.30.